The van der Waals surface area contributed by atoms with E-state index >= 15 is 0 Å². The molecule has 0 bridgehead atoms. The van der Waals surface area contributed by atoms with Crippen LogP contribution in [-0.4, -0.2) is 86.8 Å². The van der Waals surface area contributed by atoms with Crippen molar-refractivity contribution in [3.05, 3.63) is 457 Å². The van der Waals surface area contributed by atoms with Crippen molar-refractivity contribution in [2.45, 2.75) is 54.6 Å². The molecule has 1 aliphatic rings. The first-order valence-corrected chi connectivity index (χ1v) is 49.3. The summed E-state index contributed by atoms with van der Waals surface area (Å²) < 4.78 is 26.0. The quantitative estimate of drug-likeness (QED) is 0.0744. The molecule has 0 saturated heterocycles. The Morgan fingerprint density at radius 3 is 0.866 bits per heavy atom. The topological polar surface area (TPSA) is 171 Å². The van der Waals surface area contributed by atoms with Crippen molar-refractivity contribution < 1.29 is 11.4 Å². The van der Waals surface area contributed by atoms with E-state index in [1.807, 2.05) is 176 Å². The van der Waals surface area contributed by atoms with Gasteiger partial charge in [-0.05, 0) is 272 Å². The number of hydrogen-bond donors (Lipinski definition) is 0. The van der Waals surface area contributed by atoms with Gasteiger partial charge in [0.2, 0.25) is 0 Å². The van der Waals surface area contributed by atoms with Crippen molar-refractivity contribution >= 4 is 111 Å². The lowest BCUT2D eigenvalue weighted by molar-refractivity contribution is 0.311. The van der Waals surface area contributed by atoms with Crippen LogP contribution in [0.3, 0.4) is 0 Å². The molecule has 0 unspecified atom stereocenters. The van der Waals surface area contributed by atoms with Crippen molar-refractivity contribution in [1.29, 1.82) is 0 Å². The zero-order valence-electron chi connectivity index (χ0n) is 75.2. The molecule has 0 aliphatic carbocycles. The minimum atomic E-state index is -2.86. The van der Waals surface area contributed by atoms with Crippen molar-refractivity contribution in [3.63, 3.8) is 0 Å². The van der Waals surface area contributed by atoms with Gasteiger partial charge in [0.1, 0.15) is 59.3 Å². The average Bonchev–Trinajstić information content (AvgIpc) is 1.54. The van der Waals surface area contributed by atoms with Gasteiger partial charge in [-0.1, -0.05) is 218 Å². The molecule has 0 N–H and O–H groups in total. The molecule has 1 aliphatic heterocycles. The highest BCUT2D eigenvalue weighted by Gasteiger charge is 2.48. The van der Waals surface area contributed by atoms with Crippen LogP contribution >= 0.6 is 0 Å². The Kier molecular flexibility index (Phi) is 22.9. The maximum atomic E-state index is 6.41. The molecule has 134 heavy (non-hydrogen) atoms. The number of aromatic nitrogens is 13. The molecule has 0 atom stereocenters. The maximum Gasteiger partial charge on any atom is 1.20 e. The number of allylic oxidation sites excluding steroid dienone is 2. The molecule has 0 radical (unpaired) electrons. The molecule has 0 saturated carbocycles. The number of aryl methyl sites for hydroxylation is 6. The van der Waals surface area contributed by atoms with Gasteiger partial charge >= 0.3 is 15.1 Å². The zero-order chi connectivity index (χ0) is 90.9. The minimum Gasteiger partial charge on any atom is -0.576 e. The fraction of sp³-hybridized carbons (Fsp3) is 0.0690. The van der Waals surface area contributed by atoms with E-state index in [1.165, 1.54) is 66.0 Å². The fourth-order valence-corrected chi connectivity index (χ4v) is 24.0. The second-order valence-electron chi connectivity index (χ2n) is 34.1. The van der Waals surface area contributed by atoms with Crippen LogP contribution in [0.15, 0.2) is 401 Å². The molecule has 644 valence electrons. The van der Waals surface area contributed by atoms with Crippen LogP contribution in [-0.2, 0) is 0 Å². The maximum absolute atomic E-state index is 6.41. The standard InChI is InChI=1S/C45H30N6.C44H42N4Si.3C9H7NO.Al/c1-4-16-34(17-5-1)49-40-25-13-10-22-37(40)46-43(49)31-28-32(44-47-38-23-11-14-26-41(38)50(44)35-18-6-2-7-19-35)30-33(29-31)45-48-39-24-12-15-27-42(39)51(45)36-20-8-3-9-21-36;1-27-23-29(3)39(30(4)24-27)41-42(40-31(5)25-28(2)26-32(40)6)44(38-20-14-18-36(48-38)34-16-10-12-22-46-34)49(7,8)43(41)37-19-13-17-35(47-37)33-15-9-11-21-45-33;3*11-8-5-1-3-7-4-2-6-10-9(7)8;/h1-30H;9-26H,1-8H3;3*1-6,11H;/q;;;;;+3/p-3. The zero-order valence-corrected chi connectivity index (χ0v) is 77.4. The smallest absolute Gasteiger partial charge is 0.576 e. The number of para-hydroxylation sites is 12. The van der Waals surface area contributed by atoms with Gasteiger partial charge in [-0.25, -0.2) is 24.9 Å². The van der Waals surface area contributed by atoms with E-state index in [1.54, 1.807) is 18.6 Å². The Bertz CT molecular complexity index is 7550. The molecular formula is C116H90AlN13O3Si. The third-order valence-corrected chi connectivity index (χ3v) is 29.5. The third-order valence-electron chi connectivity index (χ3n) is 24.6. The van der Waals surface area contributed by atoms with Crippen LogP contribution < -0.4 is 11.4 Å². The molecular weight excluding hydrogens is 1680 g/mol. The van der Waals surface area contributed by atoms with Crippen molar-refractivity contribution in [1.82, 2.24) is 63.5 Å². The molecule has 22 aromatic rings. The summed E-state index contributed by atoms with van der Waals surface area (Å²) in [6, 6.07) is 126. The van der Waals surface area contributed by atoms with Crippen molar-refractivity contribution in [2.24, 2.45) is 0 Å². The van der Waals surface area contributed by atoms with Crippen LogP contribution in [0.2, 0.25) is 13.1 Å². The van der Waals surface area contributed by atoms with E-state index in [0.717, 1.165) is 151 Å². The molecule has 18 heteroatoms. The molecule has 23 rings (SSSR count). The second kappa shape index (κ2) is 36.5. The van der Waals surface area contributed by atoms with E-state index < -0.39 is 23.2 Å². The Balaban J connectivity index is 0.000000123. The number of benzene rings is 12. The van der Waals surface area contributed by atoms with Crippen LogP contribution in [0.25, 0.3) is 161 Å². The highest BCUT2D eigenvalue weighted by molar-refractivity contribution is 7.13. The normalized spacial score (nSPS) is 12.3. The van der Waals surface area contributed by atoms with Gasteiger partial charge in [0.15, 0.2) is 0 Å². The highest BCUT2D eigenvalue weighted by Crippen LogP contribution is 2.58. The molecule has 16 nitrogen and oxygen atoms in total. The molecule has 11 heterocycles. The summed E-state index contributed by atoms with van der Waals surface area (Å²) in [5, 5.41) is 5.59. The van der Waals surface area contributed by atoms with Crippen molar-refractivity contribution in [2.75, 3.05) is 0 Å². The summed E-state index contributed by atoms with van der Waals surface area (Å²) in [6.45, 7) is 18.4. The molecule has 12 aromatic carbocycles. The number of hydrogen-bond acceptors (Lipinski definition) is 13. The van der Waals surface area contributed by atoms with Crippen LogP contribution in [0, 0.1) is 41.5 Å². The lowest BCUT2D eigenvalue weighted by Gasteiger charge is -2.26. The Morgan fingerprint density at radius 2 is 0.537 bits per heavy atom. The van der Waals surface area contributed by atoms with Crippen LogP contribution in [0.1, 0.15) is 55.9 Å². The molecule has 0 amide bonds. The number of pyridine rings is 7. The summed E-state index contributed by atoms with van der Waals surface area (Å²) in [6.07, 6.45) is 8.91. The van der Waals surface area contributed by atoms with Crippen LogP contribution in [0.5, 0.6) is 17.2 Å². The highest BCUT2D eigenvalue weighted by atomic mass is 28.3. The van der Waals surface area contributed by atoms with Gasteiger partial charge in [-0.3, -0.25) is 38.6 Å². The fourth-order valence-electron chi connectivity index (χ4n) is 19.1. The first-order chi connectivity index (χ1) is 65.7. The lowest BCUT2D eigenvalue weighted by atomic mass is 9.82. The number of rotatable bonds is 18. The molecule has 0 fully saturated rings. The monoisotopic (exact) mass is 1770 g/mol. The van der Waals surface area contributed by atoms with Gasteiger partial charge in [0.05, 0.1) is 67.3 Å². The number of nitrogens with zero attached hydrogens (tertiary/aromatic N) is 13. The lowest BCUT2D eigenvalue weighted by Crippen LogP contribution is -2.37. The second-order valence-corrected chi connectivity index (χ2v) is 39.7. The number of imidazole rings is 3. The van der Waals surface area contributed by atoms with Crippen LogP contribution in [0.4, 0.5) is 0 Å². The summed E-state index contributed by atoms with van der Waals surface area (Å²) in [4.78, 5) is 49.5. The summed E-state index contributed by atoms with van der Waals surface area (Å²) >= 11 is -2.86. The van der Waals surface area contributed by atoms with Gasteiger partial charge in [0.25, 0.3) is 0 Å². The Hall–Kier alpha value is -16.5. The van der Waals surface area contributed by atoms with E-state index in [4.69, 9.17) is 36.3 Å². The Labute approximate surface area is 782 Å². The first kappa shape index (κ1) is 84.4. The van der Waals surface area contributed by atoms with E-state index in [-0.39, 0.29) is 0 Å². The van der Waals surface area contributed by atoms with Gasteiger partial charge in [-0.2, -0.15) is 0 Å². The summed E-state index contributed by atoms with van der Waals surface area (Å²) in [7, 11) is -2.55. The van der Waals surface area contributed by atoms with E-state index in [9.17, 15) is 0 Å². The average molecular weight is 1770 g/mol. The van der Waals surface area contributed by atoms with E-state index in [0.29, 0.717) is 17.2 Å². The predicted molar refractivity (Wildman–Crippen MR) is 547 cm³/mol. The van der Waals surface area contributed by atoms with E-state index in [2.05, 4.69) is 300 Å². The van der Waals surface area contributed by atoms with Gasteiger partial charge in [-0.15, -0.1) is 0 Å². The van der Waals surface area contributed by atoms with Gasteiger partial charge in [0, 0.05) is 80.9 Å². The van der Waals surface area contributed by atoms with Crippen molar-refractivity contribution in [3.8, 4) is 91.2 Å². The molecule has 0 spiro atoms. The number of fused-ring (bicyclic) bond motifs is 6. The first-order valence-electron chi connectivity index (χ1n) is 44.9. The Morgan fingerprint density at radius 1 is 0.254 bits per heavy atom. The summed E-state index contributed by atoms with van der Waals surface area (Å²) in [5.74, 6) is 4.35. The SMILES string of the molecule is Cc1cc(C)c(C2=C(c3cccc(-c4ccccn4)n3)[Si](C)(C)C(c3cccc(-c4ccccn4)n3)=C2c2c(C)cc(C)cc2C)c(C)c1.c1ccc(-n2c(-c3cc(-c4nc5ccccc5n4-c4ccccc4)cc(-c4nc5ccccc5n4-c4ccccc4)c3)nc3ccccc32)cc1.c1cnc2c([O][Al]([O]c3cccc4cccnc34)[O]c3cccc4cccnc34)cccc2c1. The third kappa shape index (κ3) is 16.4. The molecule has 10 aromatic heterocycles. The van der Waals surface area contributed by atoms with Gasteiger partial charge < -0.3 is 11.4 Å². The summed E-state index contributed by atoms with van der Waals surface area (Å²) in [5.41, 5.74) is 32.4. The largest absolute Gasteiger partial charge is 1.20 e. The predicted octanol–water partition coefficient (Wildman–Crippen LogP) is 27.3. The minimum absolute atomic E-state index is 0.608.